The molecule has 0 unspecified atom stereocenters. The third kappa shape index (κ3) is 3.27. The van der Waals surface area contributed by atoms with E-state index in [-0.39, 0.29) is 11.1 Å². The third-order valence-electron chi connectivity index (χ3n) is 3.83. The number of hydrogen-bond donors (Lipinski definition) is 2. The van der Waals surface area contributed by atoms with Crippen LogP contribution in [-0.4, -0.2) is 27.6 Å². The molecule has 0 aliphatic rings. The van der Waals surface area contributed by atoms with E-state index in [0.29, 0.717) is 17.8 Å². The quantitative estimate of drug-likeness (QED) is 0.722. The fourth-order valence-electron chi connectivity index (χ4n) is 2.43. The highest BCUT2D eigenvalue weighted by Crippen LogP contribution is 2.12. The van der Waals surface area contributed by atoms with E-state index in [1.54, 1.807) is 7.11 Å². The summed E-state index contributed by atoms with van der Waals surface area (Å²) < 4.78 is 6.40. The largest absolute Gasteiger partial charge is 0.497 e. The van der Waals surface area contributed by atoms with Crippen LogP contribution < -0.4 is 21.3 Å². The predicted octanol–water partition coefficient (Wildman–Crippen LogP) is 0.560. The number of carbonyl (C=O) groups excluding carboxylic acids is 1. The Morgan fingerprint density at radius 1 is 1.32 bits per heavy atom. The molecule has 128 valence electrons. The number of aryl methyl sites for hydroxylation is 1. The van der Waals surface area contributed by atoms with Crippen molar-refractivity contribution in [1.29, 1.82) is 0 Å². The van der Waals surface area contributed by atoms with Crippen molar-refractivity contribution in [1.82, 2.24) is 19.9 Å². The first-order valence-electron chi connectivity index (χ1n) is 7.50. The van der Waals surface area contributed by atoms with Gasteiger partial charge in [-0.1, -0.05) is 12.1 Å². The van der Waals surface area contributed by atoms with Crippen LogP contribution in [0.25, 0.3) is 10.9 Å². The van der Waals surface area contributed by atoms with Gasteiger partial charge in [0.15, 0.2) is 0 Å². The highest BCUT2D eigenvalue weighted by atomic mass is 16.5. The zero-order valence-electron chi connectivity index (χ0n) is 13.7. The molecular formula is C17H16N4O4. The maximum absolute atomic E-state index is 12.3. The number of nitrogens with zero attached hydrogens (tertiary/aromatic N) is 2. The zero-order chi connectivity index (χ0) is 18.0. The minimum absolute atomic E-state index is 0.0968. The van der Waals surface area contributed by atoms with Gasteiger partial charge < -0.3 is 10.1 Å². The molecule has 1 aromatic carbocycles. The Labute approximate surface area is 142 Å². The van der Waals surface area contributed by atoms with E-state index < -0.39 is 17.2 Å². The third-order valence-corrected chi connectivity index (χ3v) is 3.83. The second-order valence-electron chi connectivity index (χ2n) is 5.44. The first-order valence-corrected chi connectivity index (χ1v) is 7.50. The Bertz CT molecular complexity index is 1070. The summed E-state index contributed by atoms with van der Waals surface area (Å²) in [6, 6.07) is 8.68. The zero-order valence-corrected chi connectivity index (χ0v) is 13.7. The van der Waals surface area contributed by atoms with Gasteiger partial charge in [0.05, 0.1) is 24.2 Å². The summed E-state index contributed by atoms with van der Waals surface area (Å²) in [6.45, 7) is 0.291. The summed E-state index contributed by atoms with van der Waals surface area (Å²) in [7, 11) is 3.09. The number of methoxy groups -OCH3 is 1. The number of amides is 1. The minimum atomic E-state index is -0.553. The molecule has 2 aromatic heterocycles. The summed E-state index contributed by atoms with van der Waals surface area (Å²) in [4.78, 5) is 42.0. The van der Waals surface area contributed by atoms with Crippen molar-refractivity contribution in [2.75, 3.05) is 7.11 Å². The molecule has 8 nitrogen and oxygen atoms in total. The van der Waals surface area contributed by atoms with Crippen LogP contribution in [0.2, 0.25) is 0 Å². The summed E-state index contributed by atoms with van der Waals surface area (Å²) in [6.07, 6.45) is 1.34. The smallest absolute Gasteiger partial charge is 0.328 e. The topological polar surface area (TPSA) is 106 Å². The molecule has 3 rings (SSSR count). The molecular weight excluding hydrogens is 324 g/mol. The van der Waals surface area contributed by atoms with Crippen LogP contribution in [0, 0.1) is 0 Å². The monoisotopic (exact) mass is 340 g/mol. The highest BCUT2D eigenvalue weighted by Gasteiger charge is 2.12. The van der Waals surface area contributed by atoms with Gasteiger partial charge in [0.25, 0.3) is 11.5 Å². The molecule has 1 amide bonds. The molecule has 0 saturated carbocycles. The Morgan fingerprint density at radius 3 is 2.88 bits per heavy atom. The second kappa shape index (κ2) is 6.60. The molecule has 0 atom stereocenters. The number of nitrogens with one attached hydrogen (secondary N) is 2. The standard InChI is InChI=1S/C17H16N4O4/c1-21-14-9-18-13(7-12(14)15(22)20-17(21)24)16(23)19-8-10-4-3-5-11(6-10)25-2/h3-7,9H,8H2,1-2H3,(H,19,23)(H,20,22,24). The Morgan fingerprint density at radius 2 is 2.12 bits per heavy atom. The van der Waals surface area contributed by atoms with Crippen molar-refractivity contribution < 1.29 is 9.53 Å². The van der Waals surface area contributed by atoms with Crippen molar-refractivity contribution in [3.8, 4) is 5.75 Å². The molecule has 0 spiro atoms. The average molecular weight is 340 g/mol. The molecule has 2 heterocycles. The van der Waals surface area contributed by atoms with Gasteiger partial charge >= 0.3 is 5.69 Å². The number of pyridine rings is 1. The fraction of sp³-hybridized carbons (Fsp3) is 0.176. The lowest BCUT2D eigenvalue weighted by Crippen LogP contribution is -2.29. The van der Waals surface area contributed by atoms with E-state index in [1.165, 1.54) is 23.9 Å². The number of aromatic amines is 1. The van der Waals surface area contributed by atoms with Gasteiger partial charge in [0.1, 0.15) is 11.4 Å². The van der Waals surface area contributed by atoms with Crippen molar-refractivity contribution in [2.45, 2.75) is 6.54 Å². The Balaban J connectivity index is 1.85. The van der Waals surface area contributed by atoms with Gasteiger partial charge in [-0.05, 0) is 23.8 Å². The van der Waals surface area contributed by atoms with Gasteiger partial charge in [-0.25, -0.2) is 9.78 Å². The van der Waals surface area contributed by atoms with Crippen molar-refractivity contribution >= 4 is 16.8 Å². The van der Waals surface area contributed by atoms with Crippen LogP contribution >= 0.6 is 0 Å². The number of hydrogen-bond acceptors (Lipinski definition) is 5. The normalized spacial score (nSPS) is 10.6. The fourth-order valence-corrected chi connectivity index (χ4v) is 2.43. The lowest BCUT2D eigenvalue weighted by atomic mass is 10.2. The highest BCUT2D eigenvalue weighted by molar-refractivity contribution is 5.95. The van der Waals surface area contributed by atoms with Crippen LogP contribution in [0.5, 0.6) is 5.75 Å². The second-order valence-corrected chi connectivity index (χ2v) is 5.44. The van der Waals surface area contributed by atoms with Crippen molar-refractivity contribution in [3.63, 3.8) is 0 Å². The van der Waals surface area contributed by atoms with Gasteiger partial charge in [0.2, 0.25) is 0 Å². The van der Waals surface area contributed by atoms with E-state index in [1.807, 2.05) is 24.3 Å². The minimum Gasteiger partial charge on any atom is -0.497 e. The van der Waals surface area contributed by atoms with Crippen LogP contribution in [0.15, 0.2) is 46.1 Å². The van der Waals surface area contributed by atoms with Gasteiger partial charge in [-0.15, -0.1) is 0 Å². The van der Waals surface area contributed by atoms with E-state index in [2.05, 4.69) is 15.3 Å². The average Bonchev–Trinajstić information content (AvgIpc) is 2.64. The van der Waals surface area contributed by atoms with E-state index in [4.69, 9.17) is 4.74 Å². The van der Waals surface area contributed by atoms with Crippen LogP contribution in [0.4, 0.5) is 0 Å². The van der Waals surface area contributed by atoms with Gasteiger partial charge in [0, 0.05) is 13.6 Å². The van der Waals surface area contributed by atoms with Crippen LogP contribution in [0.1, 0.15) is 16.1 Å². The van der Waals surface area contributed by atoms with E-state index in [9.17, 15) is 14.4 Å². The number of rotatable bonds is 4. The summed E-state index contributed by atoms with van der Waals surface area (Å²) in [5, 5.41) is 2.96. The molecule has 0 fully saturated rings. The maximum atomic E-state index is 12.3. The van der Waals surface area contributed by atoms with Gasteiger partial charge in [-0.2, -0.15) is 0 Å². The number of ether oxygens (including phenoxy) is 1. The first kappa shape index (κ1) is 16.4. The van der Waals surface area contributed by atoms with E-state index >= 15 is 0 Å². The SMILES string of the molecule is COc1cccc(CNC(=O)c2cc3c(=O)[nH]c(=O)n(C)c3cn2)c1. The lowest BCUT2D eigenvalue weighted by molar-refractivity contribution is 0.0946. The van der Waals surface area contributed by atoms with Crippen molar-refractivity contribution in [2.24, 2.45) is 7.05 Å². The predicted molar refractivity (Wildman–Crippen MR) is 91.8 cm³/mol. The molecule has 0 radical (unpaired) electrons. The number of aromatic nitrogens is 3. The molecule has 0 aliphatic heterocycles. The molecule has 0 aliphatic carbocycles. The lowest BCUT2D eigenvalue weighted by Gasteiger charge is -2.08. The van der Waals surface area contributed by atoms with E-state index in [0.717, 1.165) is 5.56 Å². The van der Waals surface area contributed by atoms with Crippen LogP contribution in [-0.2, 0) is 13.6 Å². The maximum Gasteiger partial charge on any atom is 0.328 e. The summed E-state index contributed by atoms with van der Waals surface area (Å²) >= 11 is 0. The number of H-pyrrole nitrogens is 1. The van der Waals surface area contributed by atoms with Crippen LogP contribution in [0.3, 0.4) is 0 Å². The Hall–Kier alpha value is -3.42. The first-order chi connectivity index (χ1) is 12.0. The molecule has 2 N–H and O–H groups in total. The molecule has 25 heavy (non-hydrogen) atoms. The number of carbonyl (C=O) groups is 1. The van der Waals surface area contributed by atoms with Crippen molar-refractivity contribution in [3.05, 3.63) is 68.6 Å². The molecule has 0 bridgehead atoms. The van der Waals surface area contributed by atoms with Gasteiger partial charge in [-0.3, -0.25) is 19.1 Å². The Kier molecular flexibility index (Phi) is 4.34. The molecule has 8 heteroatoms. The number of fused-ring (bicyclic) bond motifs is 1. The molecule has 3 aromatic rings. The summed E-state index contributed by atoms with van der Waals surface area (Å²) in [5.74, 6) is 0.279. The molecule has 0 saturated heterocycles. The summed E-state index contributed by atoms with van der Waals surface area (Å²) in [5.41, 5.74) is 0.239. The number of benzene rings is 1.